The molecule has 0 amide bonds. The predicted octanol–water partition coefficient (Wildman–Crippen LogP) is 0.495. The number of nitrogens with one attached hydrogen (secondary N) is 1. The summed E-state index contributed by atoms with van der Waals surface area (Å²) in [6.07, 6.45) is -4.10. The highest BCUT2D eigenvalue weighted by molar-refractivity contribution is 4.55. The highest BCUT2D eigenvalue weighted by Crippen LogP contribution is 2.11. The monoisotopic (exact) mass is 156 g/mol. The van der Waals surface area contributed by atoms with Crippen LogP contribution >= 0.6 is 0 Å². The molecule has 0 aromatic heterocycles. The molecular weight excluding hydrogens is 145 g/mol. The van der Waals surface area contributed by atoms with Crippen molar-refractivity contribution in [1.29, 1.82) is 0 Å². The topological polar surface area (TPSA) is 17.9 Å². The second-order valence-corrected chi connectivity index (χ2v) is 2.28. The molecule has 0 aliphatic rings. The van der Waals surface area contributed by atoms with Gasteiger partial charge in [-0.25, -0.2) is 0 Å². The van der Waals surface area contributed by atoms with E-state index in [9.17, 15) is 13.2 Å². The number of hydrogen-bond acceptors (Lipinski definition) is 2. The molecule has 5 heteroatoms. The molecule has 0 aromatic rings. The number of alkyl halides is 3. The number of halogens is 3. The van der Waals surface area contributed by atoms with Crippen LogP contribution in [-0.2, 0) is 0 Å². The lowest BCUT2D eigenvalue weighted by molar-refractivity contribution is -0.125. The average Bonchev–Trinajstić information content (AvgIpc) is 1.59. The number of nitrogens with zero attached hydrogens (tertiary/aromatic N) is 1. The Hall–Kier alpha value is -0.290. The summed E-state index contributed by atoms with van der Waals surface area (Å²) in [6.45, 7) is -0.676. The summed E-state index contributed by atoms with van der Waals surface area (Å²) in [7, 11) is 3.40. The van der Waals surface area contributed by atoms with Crippen molar-refractivity contribution in [2.45, 2.75) is 6.18 Å². The number of hydrogen-bond donors (Lipinski definition) is 1. The molecular formula is C5H11F3N2+. The van der Waals surface area contributed by atoms with Gasteiger partial charge in [-0.05, 0) is 0 Å². The molecule has 0 bridgehead atoms. The quantitative estimate of drug-likeness (QED) is 0.465. The van der Waals surface area contributed by atoms with E-state index in [2.05, 4.69) is 5.32 Å². The molecule has 2 nitrogen and oxygen atoms in total. The van der Waals surface area contributed by atoms with Gasteiger partial charge in [0, 0.05) is 0 Å². The molecule has 0 spiro atoms. The Kier molecular flexibility index (Phi) is 3.67. The SMILES string of the molecule is C[N+](C)CNCC(F)(F)F. The largest absolute Gasteiger partial charge is 0.401 e. The first-order valence-corrected chi connectivity index (χ1v) is 2.84. The standard InChI is InChI=1S/C5H11F3N2/c1-10(2)4-9-3-5(6,7)8/h9H,3-4H2,1-2H3/q+1. The van der Waals surface area contributed by atoms with Gasteiger partial charge in [-0.2, -0.15) is 18.1 Å². The Morgan fingerprint density at radius 1 is 1.30 bits per heavy atom. The van der Waals surface area contributed by atoms with Crippen molar-refractivity contribution in [2.24, 2.45) is 0 Å². The lowest BCUT2D eigenvalue weighted by atomic mass is 10.6. The summed E-state index contributed by atoms with van der Waals surface area (Å²) in [5.41, 5.74) is 0. The first-order valence-electron chi connectivity index (χ1n) is 2.84. The van der Waals surface area contributed by atoms with Gasteiger partial charge in [0.2, 0.25) is 0 Å². The Bertz CT molecular complexity index is 89.4. The lowest BCUT2D eigenvalue weighted by Crippen LogP contribution is -2.37. The van der Waals surface area contributed by atoms with Crippen LogP contribution < -0.4 is 10.2 Å². The zero-order chi connectivity index (χ0) is 8.20. The van der Waals surface area contributed by atoms with Crippen LogP contribution in [0.3, 0.4) is 0 Å². The van der Waals surface area contributed by atoms with Crippen molar-refractivity contribution in [3.05, 3.63) is 0 Å². The molecule has 0 saturated heterocycles. The fourth-order valence-electron chi connectivity index (χ4n) is 0.421. The van der Waals surface area contributed by atoms with Crippen molar-refractivity contribution in [3.63, 3.8) is 0 Å². The number of rotatable bonds is 3. The molecule has 10 heavy (non-hydrogen) atoms. The Balaban J connectivity index is 3.21. The minimum atomic E-state index is -4.10. The van der Waals surface area contributed by atoms with Crippen molar-refractivity contribution >= 4 is 0 Å². The van der Waals surface area contributed by atoms with E-state index < -0.39 is 12.7 Å². The van der Waals surface area contributed by atoms with Gasteiger partial charge >= 0.3 is 6.18 Å². The smallest absolute Gasteiger partial charge is 0.257 e. The third-order valence-electron chi connectivity index (χ3n) is 0.753. The van der Waals surface area contributed by atoms with E-state index in [0.29, 0.717) is 0 Å². The summed E-state index contributed by atoms with van der Waals surface area (Å²) in [6, 6.07) is 0. The van der Waals surface area contributed by atoms with E-state index in [1.165, 1.54) is 0 Å². The van der Waals surface area contributed by atoms with Crippen LogP contribution in [0.1, 0.15) is 0 Å². The van der Waals surface area contributed by atoms with Gasteiger partial charge in [0.1, 0.15) is 14.1 Å². The van der Waals surface area contributed by atoms with Crippen molar-refractivity contribution < 1.29 is 13.2 Å². The molecule has 0 fully saturated rings. The molecule has 1 radical (unpaired) electrons. The van der Waals surface area contributed by atoms with Gasteiger partial charge < -0.3 is 0 Å². The maximum absolute atomic E-state index is 11.4. The molecule has 0 aliphatic heterocycles. The first-order chi connectivity index (χ1) is 4.42. The molecule has 0 rings (SSSR count). The molecule has 0 saturated carbocycles. The van der Waals surface area contributed by atoms with Gasteiger partial charge in [0.05, 0.1) is 6.54 Å². The van der Waals surface area contributed by atoms with Gasteiger partial charge in [0.25, 0.3) is 0 Å². The third kappa shape index (κ3) is 7.71. The summed E-state index contributed by atoms with van der Waals surface area (Å²) < 4.78 is 34.3. The van der Waals surface area contributed by atoms with Crippen LogP contribution in [0.4, 0.5) is 13.2 Å². The maximum atomic E-state index is 11.4. The summed E-state index contributed by atoms with van der Waals surface area (Å²) >= 11 is 0. The molecule has 0 aliphatic carbocycles. The molecule has 0 atom stereocenters. The highest BCUT2D eigenvalue weighted by Gasteiger charge is 2.26. The van der Waals surface area contributed by atoms with E-state index >= 15 is 0 Å². The zero-order valence-electron chi connectivity index (χ0n) is 6.00. The minimum Gasteiger partial charge on any atom is -0.257 e. The van der Waals surface area contributed by atoms with Gasteiger partial charge in [-0.15, -0.1) is 0 Å². The van der Waals surface area contributed by atoms with Gasteiger partial charge in [-0.1, -0.05) is 0 Å². The minimum absolute atomic E-state index is 0.250. The molecule has 0 unspecified atom stereocenters. The van der Waals surface area contributed by atoms with Crippen LogP contribution in [0.5, 0.6) is 0 Å². The molecule has 1 N–H and O–H groups in total. The first kappa shape index (κ1) is 9.71. The maximum Gasteiger partial charge on any atom is 0.401 e. The summed E-state index contributed by atoms with van der Waals surface area (Å²) in [4.78, 5) is 1.63. The van der Waals surface area contributed by atoms with Gasteiger partial charge in [-0.3, -0.25) is 5.32 Å². The normalized spacial score (nSPS) is 12.6. The van der Waals surface area contributed by atoms with E-state index in [1.807, 2.05) is 0 Å². The molecule has 61 valence electrons. The van der Waals surface area contributed by atoms with Crippen LogP contribution in [-0.4, -0.2) is 33.5 Å². The third-order valence-corrected chi connectivity index (χ3v) is 0.753. The van der Waals surface area contributed by atoms with Crippen molar-refractivity contribution in [3.8, 4) is 0 Å². The average molecular weight is 156 g/mol. The van der Waals surface area contributed by atoms with Crippen LogP contribution in [0.2, 0.25) is 0 Å². The summed E-state index contributed by atoms with van der Waals surface area (Å²) in [5, 5.41) is 2.23. The predicted molar refractivity (Wildman–Crippen MR) is 32.9 cm³/mol. The van der Waals surface area contributed by atoms with Crippen molar-refractivity contribution in [2.75, 3.05) is 27.3 Å². The second-order valence-electron chi connectivity index (χ2n) is 2.28. The van der Waals surface area contributed by atoms with Crippen molar-refractivity contribution in [1.82, 2.24) is 10.2 Å². The lowest BCUT2D eigenvalue weighted by Gasteiger charge is -2.06. The van der Waals surface area contributed by atoms with E-state index in [1.54, 1.807) is 19.0 Å². The molecule has 0 aromatic carbocycles. The van der Waals surface area contributed by atoms with E-state index in [-0.39, 0.29) is 6.67 Å². The van der Waals surface area contributed by atoms with E-state index in [4.69, 9.17) is 0 Å². The van der Waals surface area contributed by atoms with Crippen LogP contribution in [0.15, 0.2) is 0 Å². The molecule has 0 heterocycles. The zero-order valence-corrected chi connectivity index (χ0v) is 6.00. The Morgan fingerprint density at radius 3 is 2.10 bits per heavy atom. The summed E-state index contributed by atoms with van der Waals surface area (Å²) in [5.74, 6) is 0. The fourth-order valence-corrected chi connectivity index (χ4v) is 0.421. The van der Waals surface area contributed by atoms with E-state index in [0.717, 1.165) is 0 Å². The fraction of sp³-hybridized carbons (Fsp3) is 1.00. The van der Waals surface area contributed by atoms with Gasteiger partial charge in [0.15, 0.2) is 6.67 Å². The van der Waals surface area contributed by atoms with Crippen LogP contribution in [0, 0.1) is 0 Å². The second kappa shape index (κ2) is 3.78. The highest BCUT2D eigenvalue weighted by atomic mass is 19.4. The Labute approximate surface area is 58.0 Å². The van der Waals surface area contributed by atoms with Crippen LogP contribution in [0.25, 0.3) is 0 Å². The Morgan fingerprint density at radius 2 is 1.80 bits per heavy atom.